The van der Waals surface area contributed by atoms with Gasteiger partial charge in [-0.3, -0.25) is 0 Å². The van der Waals surface area contributed by atoms with E-state index < -0.39 is 24.2 Å². The number of carbonyl (C=O) groups excluding carboxylic acids is 2. The summed E-state index contributed by atoms with van der Waals surface area (Å²) in [5.74, 6) is -4.18. The fourth-order valence-electron chi connectivity index (χ4n) is 0.454. The number of carbonyl (C=O) groups is 2. The molecule has 0 radical (unpaired) electrons. The summed E-state index contributed by atoms with van der Waals surface area (Å²) in [5.41, 5.74) is 5.21. The van der Waals surface area contributed by atoms with Crippen LogP contribution in [-0.2, 0) is 19.4 Å². The topological polar surface area (TPSA) is 78.6 Å². The molecule has 5 nitrogen and oxygen atoms in total. The molecule has 88 valence electrons. The van der Waals surface area contributed by atoms with E-state index in [1.165, 1.54) is 0 Å². The normalized spacial score (nSPS) is 13.5. The Morgan fingerprint density at radius 1 is 1.20 bits per heavy atom. The van der Waals surface area contributed by atoms with Gasteiger partial charge in [-0.2, -0.15) is 13.2 Å². The summed E-state index contributed by atoms with van der Waals surface area (Å²) in [6.07, 6.45) is -5.21. The molecule has 0 aromatic rings. The Hall–Kier alpha value is -1.31. The van der Waals surface area contributed by atoms with Gasteiger partial charge in [0.15, 0.2) is 0 Å². The van der Waals surface area contributed by atoms with Crippen LogP contribution in [0.2, 0.25) is 0 Å². The summed E-state index contributed by atoms with van der Waals surface area (Å²) >= 11 is 0. The van der Waals surface area contributed by atoms with E-state index >= 15 is 0 Å². The second kappa shape index (κ2) is 4.96. The Morgan fingerprint density at radius 3 is 2.00 bits per heavy atom. The second-order valence-corrected chi connectivity index (χ2v) is 3.04. The number of rotatable bonds is 2. The molecule has 0 amide bonds. The molecule has 0 unspecified atom stereocenters. The van der Waals surface area contributed by atoms with Crippen molar-refractivity contribution in [3.05, 3.63) is 0 Å². The van der Waals surface area contributed by atoms with E-state index in [-0.39, 0.29) is 5.92 Å². The van der Waals surface area contributed by atoms with Gasteiger partial charge in [-0.15, -0.1) is 0 Å². The van der Waals surface area contributed by atoms with Crippen LogP contribution >= 0.6 is 0 Å². The zero-order valence-corrected chi connectivity index (χ0v) is 8.00. The predicted molar refractivity (Wildman–Crippen MR) is 41.1 cm³/mol. The molecule has 2 N–H and O–H groups in total. The van der Waals surface area contributed by atoms with Gasteiger partial charge in [0.2, 0.25) is 0 Å². The van der Waals surface area contributed by atoms with Crippen LogP contribution in [0.25, 0.3) is 0 Å². The quantitative estimate of drug-likeness (QED) is 0.552. The van der Waals surface area contributed by atoms with Gasteiger partial charge in [0.05, 0.1) is 0 Å². The molecule has 0 bridgehead atoms. The van der Waals surface area contributed by atoms with Crippen molar-refractivity contribution in [2.24, 2.45) is 11.7 Å². The van der Waals surface area contributed by atoms with Crippen LogP contribution in [0.15, 0.2) is 0 Å². The second-order valence-electron chi connectivity index (χ2n) is 3.04. The smallest absolute Gasteiger partial charge is 0.318 e. The largest absolute Gasteiger partial charge is 0.495 e. The van der Waals surface area contributed by atoms with E-state index in [9.17, 15) is 22.8 Å². The molecule has 0 spiro atoms. The third kappa shape index (κ3) is 4.63. The third-order valence-electron chi connectivity index (χ3n) is 1.42. The van der Waals surface area contributed by atoms with Gasteiger partial charge in [0, 0.05) is 0 Å². The zero-order chi connectivity index (χ0) is 12.2. The van der Waals surface area contributed by atoms with Gasteiger partial charge < -0.3 is 5.73 Å². The van der Waals surface area contributed by atoms with Crippen molar-refractivity contribution in [1.29, 1.82) is 0 Å². The maximum Gasteiger partial charge on any atom is 0.495 e. The average Bonchev–Trinajstić information content (AvgIpc) is 2.10. The fourth-order valence-corrected chi connectivity index (χ4v) is 0.454. The molecular formula is C7H10F3NO4. The first-order chi connectivity index (χ1) is 6.66. The van der Waals surface area contributed by atoms with Crippen molar-refractivity contribution in [1.82, 2.24) is 0 Å². The Balaban J connectivity index is 4.08. The lowest BCUT2D eigenvalue weighted by Gasteiger charge is -2.12. The van der Waals surface area contributed by atoms with Crippen molar-refractivity contribution in [3.63, 3.8) is 0 Å². The molecule has 0 aromatic heterocycles. The number of hydrogen-bond acceptors (Lipinski definition) is 5. The summed E-state index contributed by atoms with van der Waals surface area (Å²) in [6.45, 7) is 3.11. The molecule has 0 aliphatic carbocycles. The van der Waals surface area contributed by atoms with Crippen molar-refractivity contribution >= 4 is 11.9 Å². The molecule has 8 heteroatoms. The number of hydrogen-bond donors (Lipinski definition) is 1. The Morgan fingerprint density at radius 2 is 1.67 bits per heavy atom. The summed E-state index contributed by atoms with van der Waals surface area (Å²) in [5, 5.41) is 0. The molecule has 0 rings (SSSR count). The molecule has 1 atom stereocenters. The van der Waals surface area contributed by atoms with Crippen molar-refractivity contribution in [2.75, 3.05) is 0 Å². The van der Waals surface area contributed by atoms with Gasteiger partial charge in [-0.1, -0.05) is 13.8 Å². The van der Waals surface area contributed by atoms with E-state index in [1.807, 2.05) is 0 Å². The highest BCUT2D eigenvalue weighted by Gasteiger charge is 2.43. The minimum Gasteiger partial charge on any atom is -0.318 e. The molecule has 0 aromatic carbocycles. The maximum atomic E-state index is 11.6. The summed E-state index contributed by atoms with van der Waals surface area (Å²) in [7, 11) is 0. The highest BCUT2D eigenvalue weighted by molar-refractivity contribution is 5.78. The lowest BCUT2D eigenvalue weighted by atomic mass is 10.1. The molecule has 0 aliphatic heterocycles. The SMILES string of the molecule is CC(C)[C@H](N)C(=O)OOC(=O)C(F)(F)F. The minimum atomic E-state index is -5.21. The van der Waals surface area contributed by atoms with Crippen LogP contribution in [0.3, 0.4) is 0 Å². The maximum absolute atomic E-state index is 11.6. The van der Waals surface area contributed by atoms with Gasteiger partial charge >= 0.3 is 18.1 Å². The van der Waals surface area contributed by atoms with Crippen LogP contribution in [0.5, 0.6) is 0 Å². The Bertz CT molecular complexity index is 251. The first-order valence-corrected chi connectivity index (χ1v) is 3.91. The van der Waals surface area contributed by atoms with E-state index in [2.05, 4.69) is 9.78 Å². The van der Waals surface area contributed by atoms with Gasteiger partial charge in [0.25, 0.3) is 0 Å². The van der Waals surface area contributed by atoms with E-state index in [1.54, 1.807) is 13.8 Å². The monoisotopic (exact) mass is 229 g/mol. The number of nitrogens with two attached hydrogens (primary N) is 1. The van der Waals surface area contributed by atoms with Gasteiger partial charge in [0.1, 0.15) is 6.04 Å². The number of alkyl halides is 3. The predicted octanol–water partition coefficient (Wildman–Crippen LogP) is 0.533. The summed E-state index contributed by atoms with van der Waals surface area (Å²) in [4.78, 5) is 27.8. The van der Waals surface area contributed by atoms with E-state index in [0.29, 0.717) is 0 Å². The zero-order valence-electron chi connectivity index (χ0n) is 8.00. The minimum absolute atomic E-state index is 0.345. The van der Waals surface area contributed by atoms with Crippen molar-refractivity contribution in [2.45, 2.75) is 26.1 Å². The third-order valence-corrected chi connectivity index (χ3v) is 1.42. The van der Waals surface area contributed by atoms with E-state index in [4.69, 9.17) is 5.73 Å². The van der Waals surface area contributed by atoms with Gasteiger partial charge in [-0.05, 0) is 5.92 Å². The Labute approximate surface area is 83.2 Å². The summed E-state index contributed by atoms with van der Waals surface area (Å²) in [6, 6.07) is -1.15. The molecule has 0 saturated heterocycles. The average molecular weight is 229 g/mol. The molecule has 15 heavy (non-hydrogen) atoms. The van der Waals surface area contributed by atoms with Crippen molar-refractivity contribution < 1.29 is 32.5 Å². The van der Waals surface area contributed by atoms with Crippen LogP contribution in [0, 0.1) is 5.92 Å². The molecule has 0 aliphatic rings. The van der Waals surface area contributed by atoms with Crippen LogP contribution in [0.4, 0.5) is 13.2 Å². The lowest BCUT2D eigenvalue weighted by Crippen LogP contribution is -2.38. The van der Waals surface area contributed by atoms with Crippen LogP contribution in [0.1, 0.15) is 13.8 Å². The molecule has 0 saturated carbocycles. The highest BCUT2D eigenvalue weighted by Crippen LogP contribution is 2.16. The fraction of sp³-hybridized carbons (Fsp3) is 0.714. The van der Waals surface area contributed by atoms with Gasteiger partial charge in [-0.25, -0.2) is 19.4 Å². The molecule has 0 heterocycles. The standard InChI is InChI=1S/C7H10F3NO4/c1-3(2)4(11)5(12)14-15-6(13)7(8,9)10/h3-4H,11H2,1-2H3/t4-/m0/s1. The Kier molecular flexibility index (Phi) is 4.53. The number of halogens is 3. The van der Waals surface area contributed by atoms with E-state index in [0.717, 1.165) is 0 Å². The molecular weight excluding hydrogens is 219 g/mol. The van der Waals surface area contributed by atoms with Crippen LogP contribution < -0.4 is 5.73 Å². The first-order valence-electron chi connectivity index (χ1n) is 3.91. The van der Waals surface area contributed by atoms with Crippen molar-refractivity contribution in [3.8, 4) is 0 Å². The van der Waals surface area contributed by atoms with Crippen LogP contribution in [-0.4, -0.2) is 24.2 Å². The summed E-state index contributed by atoms with van der Waals surface area (Å²) < 4.78 is 34.7. The molecule has 0 fully saturated rings. The first kappa shape index (κ1) is 13.7. The lowest BCUT2D eigenvalue weighted by molar-refractivity contribution is -0.286. The highest BCUT2D eigenvalue weighted by atomic mass is 19.4.